The molecule has 0 spiro atoms. The van der Waals surface area contributed by atoms with Gasteiger partial charge < -0.3 is 4.57 Å². The number of aromatic nitrogens is 5. The Morgan fingerprint density at radius 1 is 0.305 bits per heavy atom. The van der Waals surface area contributed by atoms with Gasteiger partial charge in [-0.15, -0.1) is 0 Å². The van der Waals surface area contributed by atoms with Gasteiger partial charge in [0.2, 0.25) is 0 Å². The number of fused-ring (bicyclic) bond motifs is 4. The van der Waals surface area contributed by atoms with Crippen LogP contribution in [0.15, 0.2) is 212 Å². The van der Waals surface area contributed by atoms with Crippen molar-refractivity contribution >= 4 is 33.0 Å². The zero-order chi connectivity index (χ0) is 39.1. The molecule has 0 unspecified atom stereocenters. The Bertz CT molecular complexity index is 3320. The van der Waals surface area contributed by atoms with Crippen LogP contribution in [0.5, 0.6) is 0 Å². The Hall–Kier alpha value is -8.02. The van der Waals surface area contributed by atoms with Crippen molar-refractivity contribution in [1.82, 2.24) is 24.5 Å². The predicted octanol–water partition coefficient (Wildman–Crippen LogP) is 13.5. The molecule has 8 aromatic carbocycles. The van der Waals surface area contributed by atoms with Crippen LogP contribution < -0.4 is 0 Å². The van der Waals surface area contributed by atoms with E-state index >= 15 is 0 Å². The average molecular weight is 754 g/mol. The first kappa shape index (κ1) is 34.2. The molecule has 0 saturated carbocycles. The van der Waals surface area contributed by atoms with E-state index < -0.39 is 0 Å². The van der Waals surface area contributed by atoms with Crippen molar-refractivity contribution in [2.75, 3.05) is 0 Å². The number of hydrogen-bond acceptors (Lipinski definition) is 4. The predicted molar refractivity (Wildman–Crippen MR) is 242 cm³/mol. The fourth-order valence-corrected chi connectivity index (χ4v) is 8.18. The Kier molecular flexibility index (Phi) is 8.41. The first-order chi connectivity index (χ1) is 29.2. The highest BCUT2D eigenvalue weighted by Gasteiger charge is 2.21. The minimum Gasteiger partial charge on any atom is -0.306 e. The summed E-state index contributed by atoms with van der Waals surface area (Å²) >= 11 is 0. The fourth-order valence-electron chi connectivity index (χ4n) is 8.18. The van der Waals surface area contributed by atoms with E-state index in [1.165, 1.54) is 0 Å². The Morgan fingerprint density at radius 3 is 1.37 bits per heavy atom. The lowest BCUT2D eigenvalue weighted by molar-refractivity contribution is 1.15. The van der Waals surface area contributed by atoms with E-state index in [2.05, 4.69) is 162 Å². The van der Waals surface area contributed by atoms with Crippen molar-refractivity contribution in [3.63, 3.8) is 0 Å². The second-order valence-corrected chi connectivity index (χ2v) is 14.7. The summed E-state index contributed by atoms with van der Waals surface area (Å²) in [5.74, 6) is 0.684. The molecule has 3 aromatic heterocycles. The maximum Gasteiger partial charge on any atom is 0.160 e. The quantitative estimate of drug-likeness (QED) is 0.163. The van der Waals surface area contributed by atoms with Gasteiger partial charge in [-0.2, -0.15) is 0 Å². The number of para-hydroxylation sites is 4. The molecule has 11 rings (SSSR count). The molecule has 0 atom stereocenters. The van der Waals surface area contributed by atoms with Crippen molar-refractivity contribution < 1.29 is 0 Å². The third-order valence-corrected chi connectivity index (χ3v) is 11.0. The minimum absolute atomic E-state index is 0.684. The average Bonchev–Trinajstić information content (AvgIpc) is 3.66. The Balaban J connectivity index is 1.01. The van der Waals surface area contributed by atoms with E-state index in [1.807, 2.05) is 54.6 Å². The fraction of sp³-hybridized carbons (Fsp3) is 0. The van der Waals surface area contributed by atoms with Gasteiger partial charge in [-0.3, -0.25) is 0 Å². The molecule has 0 aliphatic heterocycles. The number of hydrogen-bond donors (Lipinski definition) is 0. The molecule has 0 aliphatic carbocycles. The third kappa shape index (κ3) is 6.22. The summed E-state index contributed by atoms with van der Waals surface area (Å²) in [5, 5.41) is 1.09. The summed E-state index contributed by atoms with van der Waals surface area (Å²) in [6, 6.07) is 73.7. The second kappa shape index (κ2) is 14.5. The molecule has 0 radical (unpaired) electrons. The molecule has 3 heterocycles. The van der Waals surface area contributed by atoms with Crippen LogP contribution in [0.4, 0.5) is 0 Å². The molecule has 0 fully saturated rings. The maximum absolute atomic E-state index is 5.37. The highest BCUT2D eigenvalue weighted by molar-refractivity contribution is 6.11. The molecular weight excluding hydrogens is 719 g/mol. The second-order valence-electron chi connectivity index (χ2n) is 14.7. The molecule has 5 heteroatoms. The molecule has 276 valence electrons. The van der Waals surface area contributed by atoms with Crippen molar-refractivity contribution in [2.24, 2.45) is 0 Å². The van der Waals surface area contributed by atoms with Gasteiger partial charge in [-0.1, -0.05) is 164 Å². The molecule has 0 bridgehead atoms. The normalized spacial score (nSPS) is 11.4. The Morgan fingerprint density at radius 2 is 0.746 bits per heavy atom. The van der Waals surface area contributed by atoms with E-state index in [0.29, 0.717) is 5.82 Å². The van der Waals surface area contributed by atoms with Crippen LogP contribution in [0.1, 0.15) is 0 Å². The van der Waals surface area contributed by atoms with Gasteiger partial charge >= 0.3 is 0 Å². The topological polar surface area (TPSA) is 56.5 Å². The molecule has 59 heavy (non-hydrogen) atoms. The van der Waals surface area contributed by atoms with E-state index in [0.717, 1.165) is 100 Å². The van der Waals surface area contributed by atoms with Crippen LogP contribution in [-0.4, -0.2) is 24.5 Å². The van der Waals surface area contributed by atoms with E-state index in [9.17, 15) is 0 Å². The van der Waals surface area contributed by atoms with Crippen LogP contribution in [0.3, 0.4) is 0 Å². The van der Waals surface area contributed by atoms with Crippen molar-refractivity contribution in [3.8, 4) is 73.1 Å². The molecule has 0 N–H and O–H groups in total. The summed E-state index contributed by atoms with van der Waals surface area (Å²) in [4.78, 5) is 21.0. The standard InChI is InChI=1S/C54H35N5/c1-4-17-36(18-5-1)49-50(56-47-31-12-11-30-46(47)55-49)42-25-15-23-40(34-42)38-21-14-22-39(33-38)41-24-16-26-43(35-41)54-57-51(37-19-6-2-7-20-37)53-52(58-54)45-29-10-13-32-48(45)59(53)44-27-8-3-9-28-44/h1-35H. The summed E-state index contributed by atoms with van der Waals surface area (Å²) < 4.78 is 2.29. The molecule has 0 amide bonds. The van der Waals surface area contributed by atoms with E-state index in [1.54, 1.807) is 0 Å². The first-order valence-electron chi connectivity index (χ1n) is 19.8. The number of rotatable bonds is 7. The van der Waals surface area contributed by atoms with E-state index in [4.69, 9.17) is 19.9 Å². The van der Waals surface area contributed by atoms with Gasteiger partial charge in [0, 0.05) is 33.3 Å². The summed E-state index contributed by atoms with van der Waals surface area (Å²) in [6.07, 6.45) is 0. The zero-order valence-corrected chi connectivity index (χ0v) is 31.9. The maximum atomic E-state index is 5.37. The van der Waals surface area contributed by atoms with E-state index in [-0.39, 0.29) is 0 Å². The van der Waals surface area contributed by atoms with Gasteiger partial charge in [0.05, 0.1) is 39.1 Å². The molecule has 11 aromatic rings. The van der Waals surface area contributed by atoms with Crippen LogP contribution in [-0.2, 0) is 0 Å². The van der Waals surface area contributed by atoms with Crippen molar-refractivity contribution in [1.29, 1.82) is 0 Å². The van der Waals surface area contributed by atoms with Crippen LogP contribution in [0.25, 0.3) is 106 Å². The smallest absolute Gasteiger partial charge is 0.160 e. The van der Waals surface area contributed by atoms with Crippen LogP contribution in [0, 0.1) is 0 Å². The van der Waals surface area contributed by atoms with Gasteiger partial charge in [0.1, 0.15) is 5.52 Å². The zero-order valence-electron chi connectivity index (χ0n) is 31.9. The highest BCUT2D eigenvalue weighted by atomic mass is 15.0. The lowest BCUT2D eigenvalue weighted by atomic mass is 9.95. The monoisotopic (exact) mass is 753 g/mol. The summed E-state index contributed by atoms with van der Waals surface area (Å²) in [6.45, 7) is 0. The molecule has 0 aliphatic rings. The lowest BCUT2D eigenvalue weighted by Crippen LogP contribution is -1.99. The lowest BCUT2D eigenvalue weighted by Gasteiger charge is -2.13. The molecule has 5 nitrogen and oxygen atoms in total. The first-order valence-corrected chi connectivity index (χ1v) is 19.8. The minimum atomic E-state index is 0.684. The summed E-state index contributed by atoms with van der Waals surface area (Å²) in [5.41, 5.74) is 16.9. The van der Waals surface area contributed by atoms with Gasteiger partial charge in [-0.25, -0.2) is 19.9 Å². The SMILES string of the molecule is c1ccc(-c2nc3ccccc3nc2-c2cccc(-c3cccc(-c4cccc(-c5nc(-c6ccccc6)c6c(n5)c5ccccc5n6-c5ccccc5)c4)c3)c2)cc1. The molecule has 0 saturated heterocycles. The van der Waals surface area contributed by atoms with Gasteiger partial charge in [0.25, 0.3) is 0 Å². The van der Waals surface area contributed by atoms with Crippen LogP contribution in [0.2, 0.25) is 0 Å². The van der Waals surface area contributed by atoms with Gasteiger partial charge in [-0.05, 0) is 70.8 Å². The Labute approximate surface area is 341 Å². The van der Waals surface area contributed by atoms with Gasteiger partial charge in [0.15, 0.2) is 5.82 Å². The summed E-state index contributed by atoms with van der Waals surface area (Å²) in [7, 11) is 0. The highest BCUT2D eigenvalue weighted by Crippen LogP contribution is 2.39. The largest absolute Gasteiger partial charge is 0.306 e. The third-order valence-electron chi connectivity index (χ3n) is 11.0. The van der Waals surface area contributed by atoms with Crippen molar-refractivity contribution in [3.05, 3.63) is 212 Å². The van der Waals surface area contributed by atoms with Crippen LogP contribution >= 0.6 is 0 Å². The molecular formula is C54H35N5. The number of benzene rings is 8. The van der Waals surface area contributed by atoms with Crippen molar-refractivity contribution in [2.45, 2.75) is 0 Å². The number of nitrogens with zero attached hydrogens (tertiary/aromatic N) is 5.